The van der Waals surface area contributed by atoms with Gasteiger partial charge in [-0.15, -0.1) is 0 Å². The average molecular weight is 190 g/mol. The fourth-order valence-corrected chi connectivity index (χ4v) is 1.28. The minimum atomic E-state index is -0.0845. The molecule has 0 fully saturated rings. The first-order valence-electron chi connectivity index (χ1n) is 4.85. The molecule has 0 saturated heterocycles. The number of hydrogen-bond acceptors (Lipinski definition) is 1. The Morgan fingerprint density at radius 1 is 1.21 bits per heavy atom. The Labute approximate surface area is 85.9 Å². The van der Waals surface area contributed by atoms with Crippen molar-refractivity contribution < 1.29 is 0 Å². The lowest BCUT2D eigenvalue weighted by Crippen LogP contribution is -2.22. The molecular formula is C12H18N2. The lowest BCUT2D eigenvalue weighted by Gasteiger charge is -2.13. The number of rotatable bonds is 2. The van der Waals surface area contributed by atoms with Crippen LogP contribution in [0.1, 0.15) is 26.3 Å². The third-order valence-corrected chi connectivity index (χ3v) is 1.71. The van der Waals surface area contributed by atoms with E-state index >= 15 is 0 Å². The molecule has 0 aromatic heterocycles. The molecule has 2 nitrogen and oxygen atoms in total. The van der Waals surface area contributed by atoms with E-state index in [1.165, 1.54) is 5.56 Å². The van der Waals surface area contributed by atoms with Gasteiger partial charge in [0.25, 0.3) is 0 Å². The number of benzene rings is 1. The van der Waals surface area contributed by atoms with Crippen LogP contribution in [-0.4, -0.2) is 11.4 Å². The summed E-state index contributed by atoms with van der Waals surface area (Å²) in [6.45, 7) is 6.14. The molecule has 0 saturated carbocycles. The first-order valence-corrected chi connectivity index (χ1v) is 4.85. The smallest absolute Gasteiger partial charge is 0.0987 e. The van der Waals surface area contributed by atoms with E-state index in [4.69, 9.17) is 5.73 Å². The summed E-state index contributed by atoms with van der Waals surface area (Å²) in [6, 6.07) is 10.1. The Balaban J connectivity index is 2.67. The van der Waals surface area contributed by atoms with E-state index in [1.807, 2.05) is 39.0 Å². The fraction of sp³-hybridized carbons (Fsp3) is 0.417. The molecule has 0 radical (unpaired) electrons. The lowest BCUT2D eigenvalue weighted by molar-refractivity contribution is 0.581. The maximum atomic E-state index is 5.84. The first-order chi connectivity index (χ1) is 6.47. The molecule has 0 atom stereocenters. The zero-order valence-electron chi connectivity index (χ0n) is 9.12. The summed E-state index contributed by atoms with van der Waals surface area (Å²) in [5.74, 6) is 0.698. The Morgan fingerprint density at radius 2 is 1.79 bits per heavy atom. The normalized spacial score (nSPS) is 12.9. The van der Waals surface area contributed by atoms with Crippen LogP contribution in [0.5, 0.6) is 0 Å². The van der Waals surface area contributed by atoms with Crippen LogP contribution in [0.15, 0.2) is 35.3 Å². The van der Waals surface area contributed by atoms with E-state index in [9.17, 15) is 0 Å². The molecule has 0 aliphatic carbocycles. The topological polar surface area (TPSA) is 38.4 Å². The van der Waals surface area contributed by atoms with Crippen molar-refractivity contribution in [2.75, 3.05) is 0 Å². The summed E-state index contributed by atoms with van der Waals surface area (Å²) >= 11 is 0. The van der Waals surface area contributed by atoms with Crippen LogP contribution in [0.3, 0.4) is 0 Å². The molecule has 0 aliphatic heterocycles. The molecule has 1 aromatic carbocycles. The van der Waals surface area contributed by atoms with Gasteiger partial charge in [0.15, 0.2) is 0 Å². The average Bonchev–Trinajstić information content (AvgIpc) is 2.02. The highest BCUT2D eigenvalue weighted by Gasteiger charge is 2.07. The summed E-state index contributed by atoms with van der Waals surface area (Å²) in [7, 11) is 0. The molecule has 0 aliphatic rings. The van der Waals surface area contributed by atoms with Crippen LogP contribution in [0.2, 0.25) is 0 Å². The molecule has 1 rings (SSSR count). The molecule has 0 spiro atoms. The predicted octanol–water partition coefficient (Wildman–Crippen LogP) is 2.38. The third-order valence-electron chi connectivity index (χ3n) is 1.71. The molecule has 76 valence electrons. The van der Waals surface area contributed by atoms with Crippen molar-refractivity contribution >= 4 is 5.84 Å². The summed E-state index contributed by atoms with van der Waals surface area (Å²) in [4.78, 5) is 4.40. The third kappa shape index (κ3) is 4.08. The zero-order valence-corrected chi connectivity index (χ0v) is 9.12. The molecular weight excluding hydrogens is 172 g/mol. The molecule has 2 heteroatoms. The van der Waals surface area contributed by atoms with Crippen molar-refractivity contribution in [3.63, 3.8) is 0 Å². The van der Waals surface area contributed by atoms with E-state index < -0.39 is 0 Å². The van der Waals surface area contributed by atoms with Gasteiger partial charge in [-0.3, -0.25) is 4.99 Å². The molecule has 0 amide bonds. The zero-order chi connectivity index (χ0) is 10.6. The maximum Gasteiger partial charge on any atom is 0.0987 e. The van der Waals surface area contributed by atoms with Crippen molar-refractivity contribution in [3.05, 3.63) is 35.9 Å². The number of hydrogen-bond donors (Lipinski definition) is 1. The summed E-state index contributed by atoms with van der Waals surface area (Å²) in [5.41, 5.74) is 6.96. The van der Waals surface area contributed by atoms with Gasteiger partial charge >= 0.3 is 0 Å². The molecule has 1 aromatic rings. The van der Waals surface area contributed by atoms with Gasteiger partial charge in [-0.25, -0.2) is 0 Å². The monoisotopic (exact) mass is 190 g/mol. The lowest BCUT2D eigenvalue weighted by atomic mass is 10.1. The highest BCUT2D eigenvalue weighted by atomic mass is 14.9. The van der Waals surface area contributed by atoms with Crippen LogP contribution in [0, 0.1) is 0 Å². The minimum absolute atomic E-state index is 0.0845. The van der Waals surface area contributed by atoms with Crippen LogP contribution in [0.25, 0.3) is 0 Å². The van der Waals surface area contributed by atoms with E-state index in [1.54, 1.807) is 0 Å². The summed E-state index contributed by atoms with van der Waals surface area (Å²) in [6.07, 6.45) is 0.734. The SMILES string of the molecule is CC(C)(C)N=C(N)Cc1ccccc1. The van der Waals surface area contributed by atoms with Gasteiger partial charge in [-0.1, -0.05) is 30.3 Å². The number of nitrogens with zero attached hydrogens (tertiary/aromatic N) is 1. The quantitative estimate of drug-likeness (QED) is 0.564. The number of amidine groups is 1. The van der Waals surface area contributed by atoms with Crippen molar-refractivity contribution in [2.24, 2.45) is 10.7 Å². The summed E-state index contributed by atoms with van der Waals surface area (Å²) in [5, 5.41) is 0. The Bertz CT molecular complexity index is 307. The van der Waals surface area contributed by atoms with Crippen molar-refractivity contribution in [1.82, 2.24) is 0 Å². The molecule has 0 bridgehead atoms. The molecule has 14 heavy (non-hydrogen) atoms. The van der Waals surface area contributed by atoms with Gasteiger partial charge in [0.1, 0.15) is 0 Å². The van der Waals surface area contributed by atoms with Crippen LogP contribution in [-0.2, 0) is 6.42 Å². The van der Waals surface area contributed by atoms with E-state index in [2.05, 4.69) is 17.1 Å². The Morgan fingerprint density at radius 3 is 2.29 bits per heavy atom. The van der Waals surface area contributed by atoms with E-state index in [0.29, 0.717) is 5.84 Å². The molecule has 0 unspecified atom stereocenters. The van der Waals surface area contributed by atoms with Crippen molar-refractivity contribution in [1.29, 1.82) is 0 Å². The standard InChI is InChI=1S/C12H18N2/c1-12(2,3)14-11(13)9-10-7-5-4-6-8-10/h4-8H,9H2,1-3H3,(H2,13,14). The van der Waals surface area contributed by atoms with Gasteiger partial charge in [0.2, 0.25) is 0 Å². The van der Waals surface area contributed by atoms with Gasteiger partial charge in [0.05, 0.1) is 11.4 Å². The van der Waals surface area contributed by atoms with E-state index in [0.717, 1.165) is 6.42 Å². The van der Waals surface area contributed by atoms with Gasteiger partial charge < -0.3 is 5.73 Å². The second kappa shape index (κ2) is 4.27. The maximum absolute atomic E-state index is 5.84. The van der Waals surface area contributed by atoms with Crippen molar-refractivity contribution in [3.8, 4) is 0 Å². The highest BCUT2D eigenvalue weighted by Crippen LogP contribution is 2.07. The first kappa shape index (κ1) is 10.8. The number of nitrogens with two attached hydrogens (primary N) is 1. The summed E-state index contributed by atoms with van der Waals surface area (Å²) < 4.78 is 0. The molecule has 2 N–H and O–H groups in total. The number of aliphatic imine (C=N–C) groups is 1. The predicted molar refractivity (Wildman–Crippen MR) is 61.5 cm³/mol. The second-order valence-corrected chi connectivity index (χ2v) is 4.44. The minimum Gasteiger partial charge on any atom is -0.387 e. The van der Waals surface area contributed by atoms with Gasteiger partial charge in [-0.2, -0.15) is 0 Å². The van der Waals surface area contributed by atoms with Crippen LogP contribution in [0.4, 0.5) is 0 Å². The fourth-order valence-electron chi connectivity index (χ4n) is 1.28. The van der Waals surface area contributed by atoms with Gasteiger partial charge in [-0.05, 0) is 26.3 Å². The van der Waals surface area contributed by atoms with Crippen molar-refractivity contribution in [2.45, 2.75) is 32.7 Å². The Kier molecular flexibility index (Phi) is 3.28. The van der Waals surface area contributed by atoms with E-state index in [-0.39, 0.29) is 5.54 Å². The Hall–Kier alpha value is -1.31. The van der Waals surface area contributed by atoms with Crippen LogP contribution < -0.4 is 5.73 Å². The second-order valence-electron chi connectivity index (χ2n) is 4.44. The van der Waals surface area contributed by atoms with Crippen LogP contribution >= 0.6 is 0 Å². The largest absolute Gasteiger partial charge is 0.387 e. The molecule has 0 heterocycles. The van der Waals surface area contributed by atoms with Gasteiger partial charge in [0, 0.05) is 6.42 Å². The highest BCUT2D eigenvalue weighted by molar-refractivity contribution is 5.83.